The average molecular weight is 240 g/mol. The Morgan fingerprint density at radius 3 is 2.38 bits per heavy atom. The number of rotatable bonds is 1. The van der Waals surface area contributed by atoms with E-state index >= 15 is 0 Å². The minimum absolute atomic E-state index is 0. The van der Waals surface area contributed by atoms with Gasteiger partial charge < -0.3 is 27.7 Å². The quantitative estimate of drug-likeness (QED) is 0.402. The highest BCUT2D eigenvalue weighted by molar-refractivity contribution is 5.44. The largest absolute Gasteiger partial charge is 1.00 e. The number of aromatic hydroxyl groups is 3. The Morgan fingerprint density at radius 2 is 1.69 bits per heavy atom. The normalized spacial score (nSPS) is 9.50. The third kappa shape index (κ3) is 2.35. The zero-order valence-electron chi connectivity index (χ0n) is 8.21. The Kier molecular flexibility index (Phi) is 3.58. The molecule has 0 radical (unpaired) electrons. The predicted molar refractivity (Wildman–Crippen MR) is 53.0 cm³/mol. The van der Waals surface area contributed by atoms with Gasteiger partial charge in [-0.2, -0.15) is 4.57 Å². The summed E-state index contributed by atoms with van der Waals surface area (Å²) < 4.78 is 1.52. The molecule has 2 aromatic rings. The van der Waals surface area contributed by atoms with Gasteiger partial charge in [0.05, 0.1) is 6.07 Å². The molecule has 1 aromatic heterocycles. The molecule has 0 unspecified atom stereocenters. The van der Waals surface area contributed by atoms with Crippen LogP contribution in [0.3, 0.4) is 0 Å². The van der Waals surface area contributed by atoms with E-state index in [0.29, 0.717) is 5.69 Å². The summed E-state index contributed by atoms with van der Waals surface area (Å²) in [7, 11) is 0. The molecule has 0 aliphatic rings. The summed E-state index contributed by atoms with van der Waals surface area (Å²) in [6.45, 7) is 0. The first-order chi connectivity index (χ1) is 7.16. The van der Waals surface area contributed by atoms with Crippen LogP contribution in [0, 0.1) is 0 Å². The summed E-state index contributed by atoms with van der Waals surface area (Å²) >= 11 is 0. The number of phenols is 2. The van der Waals surface area contributed by atoms with E-state index in [4.69, 9.17) is 0 Å². The number of hydrogen-bond acceptors (Lipinski definition) is 3. The smallest absolute Gasteiger partial charge is 0.256 e. The zero-order valence-corrected chi connectivity index (χ0v) is 8.96. The number of hydrogen-bond donors (Lipinski definition) is 3. The standard InChI is InChI=1S/C11H9NO3.ClH/c13-8-3-4-11(15)10(6-8)12-5-1-2-9(14)7-12;/h1-7H,(H2-,13,14,15);1H. The highest BCUT2D eigenvalue weighted by Gasteiger charge is 2.13. The summed E-state index contributed by atoms with van der Waals surface area (Å²) in [6, 6.07) is 7.36. The molecule has 0 fully saturated rings. The van der Waals surface area contributed by atoms with Gasteiger partial charge in [-0.15, -0.1) is 0 Å². The van der Waals surface area contributed by atoms with Crippen LogP contribution in [-0.2, 0) is 0 Å². The first-order valence-corrected chi connectivity index (χ1v) is 4.39. The van der Waals surface area contributed by atoms with Crippen molar-refractivity contribution in [3.05, 3.63) is 42.7 Å². The fraction of sp³-hybridized carbons (Fsp3) is 0. The number of halogens is 1. The fourth-order valence-electron chi connectivity index (χ4n) is 1.33. The molecular weight excluding hydrogens is 230 g/mol. The number of pyridine rings is 1. The molecule has 1 heterocycles. The van der Waals surface area contributed by atoms with Gasteiger partial charge in [-0.3, -0.25) is 0 Å². The minimum atomic E-state index is 0. The van der Waals surface area contributed by atoms with E-state index in [1.165, 1.54) is 35.0 Å². The van der Waals surface area contributed by atoms with E-state index in [9.17, 15) is 15.3 Å². The van der Waals surface area contributed by atoms with E-state index in [0.717, 1.165) is 0 Å². The second-order valence-electron chi connectivity index (χ2n) is 3.14. The third-order valence-corrected chi connectivity index (χ3v) is 2.02. The van der Waals surface area contributed by atoms with Crippen LogP contribution >= 0.6 is 0 Å². The number of nitrogens with zero attached hydrogens (tertiary/aromatic N) is 1. The monoisotopic (exact) mass is 239 g/mol. The van der Waals surface area contributed by atoms with Crippen LogP contribution < -0.4 is 17.0 Å². The van der Waals surface area contributed by atoms with E-state index in [-0.39, 0.29) is 29.7 Å². The average Bonchev–Trinajstić information content (AvgIpc) is 2.22. The molecule has 3 N–H and O–H groups in total. The summed E-state index contributed by atoms with van der Waals surface area (Å²) in [5.41, 5.74) is 0.408. The second-order valence-corrected chi connectivity index (χ2v) is 3.14. The molecule has 4 nitrogen and oxygen atoms in total. The highest BCUT2D eigenvalue weighted by atomic mass is 35.5. The van der Waals surface area contributed by atoms with Gasteiger partial charge in [-0.1, -0.05) is 0 Å². The van der Waals surface area contributed by atoms with Crippen LogP contribution in [0.2, 0.25) is 0 Å². The Hall–Kier alpha value is -1.94. The molecule has 0 saturated carbocycles. The molecule has 0 saturated heterocycles. The lowest BCUT2D eigenvalue weighted by atomic mass is 10.2. The van der Waals surface area contributed by atoms with Crippen molar-refractivity contribution in [3.63, 3.8) is 0 Å². The van der Waals surface area contributed by atoms with Gasteiger partial charge in [0.15, 0.2) is 17.7 Å². The molecular formula is C11H10ClNO3. The Balaban J connectivity index is 0.00000128. The van der Waals surface area contributed by atoms with Gasteiger partial charge in [0, 0.05) is 6.07 Å². The van der Waals surface area contributed by atoms with Crippen molar-refractivity contribution in [1.82, 2.24) is 0 Å². The first-order valence-electron chi connectivity index (χ1n) is 4.39. The Bertz CT molecular complexity index is 502. The fourth-order valence-corrected chi connectivity index (χ4v) is 1.33. The van der Waals surface area contributed by atoms with Crippen molar-refractivity contribution in [2.24, 2.45) is 0 Å². The molecule has 0 aliphatic carbocycles. The molecule has 1 aromatic carbocycles. The van der Waals surface area contributed by atoms with Gasteiger partial charge in [-0.25, -0.2) is 0 Å². The van der Waals surface area contributed by atoms with Crippen molar-refractivity contribution in [3.8, 4) is 22.9 Å². The van der Waals surface area contributed by atoms with Gasteiger partial charge in [-0.05, 0) is 18.2 Å². The van der Waals surface area contributed by atoms with Crippen LogP contribution in [0.5, 0.6) is 17.2 Å². The van der Waals surface area contributed by atoms with Crippen LogP contribution in [0.25, 0.3) is 5.69 Å². The van der Waals surface area contributed by atoms with Crippen LogP contribution in [0.15, 0.2) is 42.7 Å². The van der Waals surface area contributed by atoms with Crippen molar-refractivity contribution in [2.45, 2.75) is 0 Å². The van der Waals surface area contributed by atoms with Gasteiger partial charge in [0.2, 0.25) is 6.20 Å². The van der Waals surface area contributed by atoms with Gasteiger partial charge in [0.1, 0.15) is 5.75 Å². The van der Waals surface area contributed by atoms with Crippen LogP contribution in [-0.4, -0.2) is 15.3 Å². The number of aromatic nitrogens is 1. The predicted octanol–water partition coefficient (Wildman–Crippen LogP) is -1.92. The van der Waals surface area contributed by atoms with Crippen molar-refractivity contribution < 1.29 is 32.3 Å². The molecule has 2 rings (SSSR count). The Labute approximate surface area is 98.5 Å². The van der Waals surface area contributed by atoms with Crippen molar-refractivity contribution >= 4 is 0 Å². The Morgan fingerprint density at radius 1 is 0.938 bits per heavy atom. The first kappa shape index (κ1) is 12.1. The summed E-state index contributed by atoms with van der Waals surface area (Å²) in [4.78, 5) is 0. The SMILES string of the molecule is Oc1ccc(O)c(-[n+]2cccc(O)c2)c1.[Cl-]. The lowest BCUT2D eigenvalue weighted by molar-refractivity contribution is -0.596. The molecule has 0 aliphatic heterocycles. The maximum absolute atomic E-state index is 9.57. The number of phenolic OH excluding ortho intramolecular Hbond substituents is 2. The van der Waals surface area contributed by atoms with E-state index in [2.05, 4.69) is 0 Å². The van der Waals surface area contributed by atoms with Gasteiger partial charge >= 0.3 is 0 Å². The molecule has 0 spiro atoms. The summed E-state index contributed by atoms with van der Waals surface area (Å²) in [6.07, 6.45) is 3.10. The topological polar surface area (TPSA) is 64.6 Å². The molecule has 16 heavy (non-hydrogen) atoms. The maximum atomic E-state index is 9.57. The van der Waals surface area contributed by atoms with E-state index < -0.39 is 0 Å². The van der Waals surface area contributed by atoms with Crippen LogP contribution in [0.4, 0.5) is 0 Å². The summed E-state index contributed by atoms with van der Waals surface area (Å²) in [5.74, 6) is 0.169. The lowest BCUT2D eigenvalue weighted by Crippen LogP contribution is -3.00. The van der Waals surface area contributed by atoms with Gasteiger partial charge in [0.25, 0.3) is 5.69 Å². The maximum Gasteiger partial charge on any atom is 0.256 e. The van der Waals surface area contributed by atoms with E-state index in [1.54, 1.807) is 12.3 Å². The molecule has 0 amide bonds. The molecule has 0 atom stereocenters. The summed E-state index contributed by atoms with van der Waals surface area (Å²) in [5, 5.41) is 28.1. The lowest BCUT2D eigenvalue weighted by Gasteiger charge is -1.99. The minimum Gasteiger partial charge on any atom is -1.00 e. The molecule has 5 heteroatoms. The van der Waals surface area contributed by atoms with E-state index in [1.807, 2.05) is 0 Å². The third-order valence-electron chi connectivity index (χ3n) is 2.02. The van der Waals surface area contributed by atoms with Crippen LogP contribution in [0.1, 0.15) is 0 Å². The zero-order chi connectivity index (χ0) is 10.8. The van der Waals surface area contributed by atoms with Crippen molar-refractivity contribution in [1.29, 1.82) is 0 Å². The molecule has 0 bridgehead atoms. The number of benzene rings is 1. The highest BCUT2D eigenvalue weighted by Crippen LogP contribution is 2.22. The molecule has 84 valence electrons. The van der Waals surface area contributed by atoms with Crippen molar-refractivity contribution in [2.75, 3.05) is 0 Å². The second kappa shape index (κ2) is 4.72.